The largest absolute Gasteiger partial charge is 0.392 e. The summed E-state index contributed by atoms with van der Waals surface area (Å²) in [5.41, 5.74) is 0.186. The molecule has 114 valence electrons. The number of β-lactam (4-membered cyclic amide) rings is 1. The van der Waals surface area contributed by atoms with Crippen molar-refractivity contribution < 1.29 is 14.6 Å². The number of rotatable bonds is 3. The molecule has 0 bridgehead atoms. The Kier molecular flexibility index (Phi) is 3.34. The van der Waals surface area contributed by atoms with Crippen LogP contribution in [0.5, 0.6) is 0 Å². The first-order chi connectivity index (χ1) is 9.86. The van der Waals surface area contributed by atoms with Crippen LogP contribution >= 0.6 is 0 Å². The van der Waals surface area contributed by atoms with E-state index in [-0.39, 0.29) is 17.4 Å². The van der Waals surface area contributed by atoms with Gasteiger partial charge in [-0.05, 0) is 39.2 Å². The molecule has 0 saturated carbocycles. The molecule has 2 saturated heterocycles. The van der Waals surface area contributed by atoms with Crippen LogP contribution < -0.4 is 0 Å². The number of hydrogen-bond acceptors (Lipinski definition) is 3. The first-order valence-electron chi connectivity index (χ1n) is 7.56. The smallest absolute Gasteiger partial charge is 0.233 e. The first kappa shape index (κ1) is 14.5. The highest BCUT2D eigenvalue weighted by Crippen LogP contribution is 2.50. The lowest BCUT2D eigenvalue weighted by atomic mass is 9.66. The molecule has 2 aliphatic rings. The molecular weight excluding hydrogens is 266 g/mol. The molecule has 1 aromatic carbocycles. The third-order valence-electron chi connectivity index (χ3n) is 4.94. The van der Waals surface area contributed by atoms with E-state index in [4.69, 9.17) is 4.74 Å². The van der Waals surface area contributed by atoms with Crippen LogP contribution in [0.15, 0.2) is 30.3 Å². The molecule has 1 amide bonds. The van der Waals surface area contributed by atoms with E-state index in [1.807, 2.05) is 49.1 Å². The Bertz CT molecular complexity index is 542. The Labute approximate surface area is 125 Å². The summed E-state index contributed by atoms with van der Waals surface area (Å²) in [4.78, 5) is 14.3. The predicted molar refractivity (Wildman–Crippen MR) is 79.5 cm³/mol. The molecule has 21 heavy (non-hydrogen) atoms. The van der Waals surface area contributed by atoms with Crippen molar-refractivity contribution in [3.63, 3.8) is 0 Å². The molecule has 1 aromatic rings. The number of amides is 1. The zero-order chi connectivity index (χ0) is 15.3. The van der Waals surface area contributed by atoms with Gasteiger partial charge in [-0.15, -0.1) is 0 Å². The number of ether oxygens (including phenoxy) is 1. The van der Waals surface area contributed by atoms with E-state index < -0.39 is 11.8 Å². The van der Waals surface area contributed by atoms with Crippen molar-refractivity contribution in [3.8, 4) is 0 Å². The third-order valence-corrected chi connectivity index (χ3v) is 4.94. The lowest BCUT2D eigenvalue weighted by Gasteiger charge is -2.65. The van der Waals surface area contributed by atoms with Gasteiger partial charge in [0.2, 0.25) is 5.91 Å². The highest BCUT2D eigenvalue weighted by molar-refractivity contribution is 5.89. The maximum Gasteiger partial charge on any atom is 0.233 e. The molecule has 3 rings (SSSR count). The van der Waals surface area contributed by atoms with Gasteiger partial charge in [-0.1, -0.05) is 30.3 Å². The second-order valence-corrected chi connectivity index (χ2v) is 6.81. The molecule has 2 heterocycles. The van der Waals surface area contributed by atoms with E-state index in [1.54, 1.807) is 0 Å². The number of hydrogen-bond donors (Lipinski definition) is 1. The molecule has 3 atom stereocenters. The van der Waals surface area contributed by atoms with Crippen molar-refractivity contribution in [1.29, 1.82) is 0 Å². The topological polar surface area (TPSA) is 49.8 Å². The van der Waals surface area contributed by atoms with Crippen LogP contribution in [0.25, 0.3) is 0 Å². The maximum absolute atomic E-state index is 12.5. The molecule has 0 radical (unpaired) electrons. The van der Waals surface area contributed by atoms with Gasteiger partial charge in [0.15, 0.2) is 0 Å². The summed E-state index contributed by atoms with van der Waals surface area (Å²) in [6.07, 6.45) is 0.649. The van der Waals surface area contributed by atoms with Crippen molar-refractivity contribution in [2.45, 2.75) is 51.0 Å². The predicted octanol–water partition coefficient (Wildman–Crippen LogP) is 1.96. The normalized spacial score (nSPS) is 32.3. The first-order valence-corrected chi connectivity index (χ1v) is 7.56. The minimum atomic E-state index is -0.643. The average Bonchev–Trinajstić information content (AvgIpc) is 2.37. The lowest BCUT2D eigenvalue weighted by molar-refractivity contribution is -0.269. The Morgan fingerprint density at radius 3 is 2.67 bits per heavy atom. The second kappa shape index (κ2) is 4.82. The Morgan fingerprint density at radius 2 is 2.00 bits per heavy atom. The molecule has 2 aliphatic heterocycles. The van der Waals surface area contributed by atoms with Crippen molar-refractivity contribution in [1.82, 2.24) is 4.90 Å². The SMILES string of the molecule is CC1(C)OCCC2(C)C(C(O)Cc3ccccc3)C(=O)N12. The van der Waals surface area contributed by atoms with E-state index in [2.05, 4.69) is 6.92 Å². The number of nitrogens with zero attached hydrogens (tertiary/aromatic N) is 1. The van der Waals surface area contributed by atoms with Crippen molar-refractivity contribution in [2.75, 3.05) is 6.61 Å². The van der Waals surface area contributed by atoms with Crippen LogP contribution in [0.2, 0.25) is 0 Å². The van der Waals surface area contributed by atoms with E-state index >= 15 is 0 Å². The summed E-state index contributed by atoms with van der Waals surface area (Å²) in [7, 11) is 0. The molecule has 4 heteroatoms. The number of carbonyl (C=O) groups excluding carboxylic acids is 1. The minimum absolute atomic E-state index is 0.00521. The molecule has 0 spiro atoms. The number of fused-ring (bicyclic) bond motifs is 1. The van der Waals surface area contributed by atoms with Gasteiger partial charge in [0.1, 0.15) is 5.72 Å². The minimum Gasteiger partial charge on any atom is -0.392 e. The Hall–Kier alpha value is -1.39. The summed E-state index contributed by atoms with van der Waals surface area (Å²) in [5.74, 6) is -0.327. The van der Waals surface area contributed by atoms with Crippen LogP contribution in [0.1, 0.15) is 32.8 Å². The fourth-order valence-corrected chi connectivity index (χ4v) is 4.00. The van der Waals surface area contributed by atoms with Gasteiger partial charge in [-0.2, -0.15) is 0 Å². The van der Waals surface area contributed by atoms with Crippen molar-refractivity contribution >= 4 is 5.91 Å². The van der Waals surface area contributed by atoms with Gasteiger partial charge in [0.25, 0.3) is 0 Å². The van der Waals surface area contributed by atoms with Crippen molar-refractivity contribution in [2.24, 2.45) is 5.92 Å². The van der Waals surface area contributed by atoms with Crippen LogP contribution in [0.4, 0.5) is 0 Å². The molecule has 3 unspecified atom stereocenters. The van der Waals surface area contributed by atoms with E-state index in [0.29, 0.717) is 13.0 Å². The Morgan fingerprint density at radius 1 is 1.33 bits per heavy atom. The van der Waals surface area contributed by atoms with Crippen LogP contribution in [0.3, 0.4) is 0 Å². The molecular formula is C17H23NO3. The molecule has 4 nitrogen and oxygen atoms in total. The fourth-order valence-electron chi connectivity index (χ4n) is 4.00. The van der Waals surface area contributed by atoms with Gasteiger partial charge < -0.3 is 14.7 Å². The van der Waals surface area contributed by atoms with E-state index in [0.717, 1.165) is 12.0 Å². The van der Waals surface area contributed by atoms with Crippen LogP contribution in [-0.2, 0) is 16.0 Å². The molecule has 0 aromatic heterocycles. The quantitative estimate of drug-likeness (QED) is 0.866. The van der Waals surface area contributed by atoms with Gasteiger partial charge in [-0.3, -0.25) is 4.79 Å². The molecule has 1 N–H and O–H groups in total. The summed E-state index contributed by atoms with van der Waals surface area (Å²) in [6, 6.07) is 9.83. The van der Waals surface area contributed by atoms with Gasteiger partial charge in [-0.25, -0.2) is 0 Å². The third kappa shape index (κ3) is 2.17. The zero-order valence-corrected chi connectivity index (χ0v) is 12.9. The number of aliphatic hydroxyl groups excluding tert-OH is 1. The van der Waals surface area contributed by atoms with Crippen molar-refractivity contribution in [3.05, 3.63) is 35.9 Å². The standard InChI is InChI=1S/C17H23NO3/c1-16(2)18-15(20)14(17(18,3)9-10-21-16)13(19)11-12-7-5-4-6-8-12/h4-8,13-14,19H,9-11H2,1-3H3. The van der Waals surface area contributed by atoms with E-state index in [1.165, 1.54) is 0 Å². The van der Waals surface area contributed by atoms with Gasteiger partial charge in [0.05, 0.1) is 24.2 Å². The zero-order valence-electron chi connectivity index (χ0n) is 12.9. The van der Waals surface area contributed by atoms with Gasteiger partial charge in [0, 0.05) is 0 Å². The second-order valence-electron chi connectivity index (χ2n) is 6.81. The number of carbonyl (C=O) groups is 1. The summed E-state index contributed by atoms with van der Waals surface area (Å²) in [5, 5.41) is 10.6. The van der Waals surface area contributed by atoms with Crippen LogP contribution in [-0.4, -0.2) is 39.9 Å². The van der Waals surface area contributed by atoms with E-state index in [9.17, 15) is 9.90 Å². The number of benzene rings is 1. The average molecular weight is 289 g/mol. The Balaban J connectivity index is 1.79. The summed E-state index contributed by atoms with van der Waals surface area (Å²) < 4.78 is 5.70. The highest BCUT2D eigenvalue weighted by atomic mass is 16.5. The fraction of sp³-hybridized carbons (Fsp3) is 0.588. The maximum atomic E-state index is 12.5. The highest BCUT2D eigenvalue weighted by Gasteiger charge is 2.65. The van der Waals surface area contributed by atoms with Gasteiger partial charge >= 0.3 is 0 Å². The molecule has 0 aliphatic carbocycles. The van der Waals surface area contributed by atoms with Crippen LogP contribution in [0, 0.1) is 5.92 Å². The number of aliphatic hydroxyl groups is 1. The lowest BCUT2D eigenvalue weighted by Crippen LogP contribution is -2.80. The summed E-state index contributed by atoms with van der Waals surface area (Å²) >= 11 is 0. The molecule has 2 fully saturated rings. The monoisotopic (exact) mass is 289 g/mol. The summed E-state index contributed by atoms with van der Waals surface area (Å²) in [6.45, 7) is 6.53.